The van der Waals surface area contributed by atoms with Crippen LogP contribution in [0.4, 0.5) is 25.8 Å². The molecule has 0 atom stereocenters. The summed E-state index contributed by atoms with van der Waals surface area (Å²) in [6.45, 7) is 0.536. The third-order valence-corrected chi connectivity index (χ3v) is 6.39. The van der Waals surface area contributed by atoms with Gasteiger partial charge in [0, 0.05) is 24.1 Å². The van der Waals surface area contributed by atoms with Gasteiger partial charge in [-0.05, 0) is 66.9 Å². The average Bonchev–Trinajstić information content (AvgIpc) is 3.26. The Bertz CT molecular complexity index is 1490. The lowest BCUT2D eigenvalue weighted by Gasteiger charge is -2.08. The molecule has 0 fully saturated rings. The van der Waals surface area contributed by atoms with Gasteiger partial charge in [0.1, 0.15) is 11.6 Å². The van der Waals surface area contributed by atoms with Crippen molar-refractivity contribution in [2.24, 2.45) is 10.2 Å². The number of fused-ring (bicyclic) bond motifs is 1. The molecule has 0 bridgehead atoms. The summed E-state index contributed by atoms with van der Waals surface area (Å²) in [6, 6.07) is 14.6. The molecule has 0 radical (unpaired) electrons. The zero-order valence-electron chi connectivity index (χ0n) is 22.3. The van der Waals surface area contributed by atoms with Crippen molar-refractivity contribution >= 4 is 46.7 Å². The average molecular weight is 561 g/mol. The van der Waals surface area contributed by atoms with Crippen LogP contribution in [0.5, 0.6) is 0 Å². The van der Waals surface area contributed by atoms with Crippen LogP contribution in [0.3, 0.4) is 0 Å². The van der Waals surface area contributed by atoms with E-state index in [4.69, 9.17) is 5.73 Å². The second-order valence-electron chi connectivity index (χ2n) is 9.51. The normalized spacial score (nSPS) is 13.3. The highest BCUT2D eigenvalue weighted by Crippen LogP contribution is 2.24. The molecule has 0 aliphatic carbocycles. The van der Waals surface area contributed by atoms with Crippen molar-refractivity contribution in [2.75, 3.05) is 22.9 Å². The summed E-state index contributed by atoms with van der Waals surface area (Å²) >= 11 is 0. The van der Waals surface area contributed by atoms with Crippen molar-refractivity contribution in [1.29, 1.82) is 0 Å². The van der Waals surface area contributed by atoms with E-state index in [1.807, 2.05) is 0 Å². The lowest BCUT2D eigenvalue weighted by atomic mass is 10.1. The van der Waals surface area contributed by atoms with Gasteiger partial charge in [-0.15, -0.1) is 5.10 Å². The number of carbonyl (C=O) groups is 3. The molecule has 0 saturated heterocycles. The number of benzene rings is 3. The summed E-state index contributed by atoms with van der Waals surface area (Å²) in [5.74, 6) is -1.73. The van der Waals surface area contributed by atoms with E-state index < -0.39 is 17.5 Å². The number of hydrogen-bond acceptors (Lipinski definition) is 6. The first kappa shape index (κ1) is 29.1. The molecule has 3 amide bonds. The van der Waals surface area contributed by atoms with Crippen LogP contribution in [0, 0.1) is 11.6 Å². The van der Waals surface area contributed by atoms with Crippen LogP contribution in [0.15, 0.2) is 70.9 Å². The Kier molecular flexibility index (Phi) is 9.87. The van der Waals surface area contributed by atoms with Crippen molar-refractivity contribution in [3.63, 3.8) is 0 Å². The van der Waals surface area contributed by atoms with E-state index in [0.717, 1.165) is 32.1 Å². The molecule has 3 aromatic rings. The van der Waals surface area contributed by atoms with E-state index in [-0.39, 0.29) is 23.2 Å². The zero-order chi connectivity index (χ0) is 29.2. The lowest BCUT2D eigenvalue weighted by molar-refractivity contribution is -0.116. The van der Waals surface area contributed by atoms with Crippen LogP contribution in [0.1, 0.15) is 60.0 Å². The Labute approximate surface area is 235 Å². The number of rotatable bonds is 12. The summed E-state index contributed by atoms with van der Waals surface area (Å²) < 4.78 is 26.6. The number of amides is 3. The predicted molar refractivity (Wildman–Crippen MR) is 155 cm³/mol. The topological polar surface area (TPSA) is 138 Å². The minimum Gasteiger partial charge on any atom is -0.397 e. The summed E-state index contributed by atoms with van der Waals surface area (Å²) in [5, 5.41) is 16.1. The fourth-order valence-corrected chi connectivity index (χ4v) is 4.20. The van der Waals surface area contributed by atoms with Gasteiger partial charge in [0.15, 0.2) is 5.71 Å². The maximum atomic E-state index is 13.5. The van der Waals surface area contributed by atoms with Gasteiger partial charge < -0.3 is 21.7 Å². The van der Waals surface area contributed by atoms with Crippen LogP contribution in [0.25, 0.3) is 0 Å². The van der Waals surface area contributed by atoms with Crippen molar-refractivity contribution < 1.29 is 23.2 Å². The number of nitrogen functional groups attached to an aromatic ring is 1. The van der Waals surface area contributed by atoms with Crippen LogP contribution >= 0.6 is 0 Å². The van der Waals surface area contributed by atoms with E-state index in [9.17, 15) is 23.2 Å². The number of anilines is 3. The molecule has 41 heavy (non-hydrogen) atoms. The summed E-state index contributed by atoms with van der Waals surface area (Å²) in [7, 11) is 0. The van der Waals surface area contributed by atoms with Gasteiger partial charge in [-0.1, -0.05) is 31.4 Å². The first-order valence-electron chi connectivity index (χ1n) is 13.3. The molecular weight excluding hydrogens is 530 g/mol. The van der Waals surface area contributed by atoms with E-state index in [1.165, 1.54) is 42.6 Å². The molecule has 11 heteroatoms. The Hall–Kier alpha value is -4.93. The number of nitrogens with one attached hydrogen (secondary N) is 3. The zero-order valence-corrected chi connectivity index (χ0v) is 22.3. The van der Waals surface area contributed by atoms with E-state index in [1.54, 1.807) is 24.3 Å². The quantitative estimate of drug-likeness (QED) is 0.107. The Morgan fingerprint density at radius 3 is 2.39 bits per heavy atom. The fraction of sp³-hybridized carbons (Fsp3) is 0.233. The predicted octanol–water partition coefficient (Wildman–Crippen LogP) is 5.03. The minimum atomic E-state index is -0.473. The van der Waals surface area contributed by atoms with Gasteiger partial charge in [0.2, 0.25) is 5.91 Å². The van der Waals surface area contributed by atoms with Crippen molar-refractivity contribution in [3.8, 4) is 0 Å². The molecule has 1 heterocycles. The first-order chi connectivity index (χ1) is 19.8. The Balaban J connectivity index is 1.11. The largest absolute Gasteiger partial charge is 0.397 e. The Morgan fingerprint density at radius 2 is 1.61 bits per heavy atom. The van der Waals surface area contributed by atoms with Crippen molar-refractivity contribution in [2.45, 2.75) is 38.5 Å². The molecule has 0 aromatic heterocycles. The molecule has 9 nitrogen and oxygen atoms in total. The van der Waals surface area contributed by atoms with Crippen LogP contribution < -0.4 is 21.7 Å². The number of nitrogens with zero attached hydrogens (tertiary/aromatic N) is 2. The molecule has 0 spiro atoms. The van der Waals surface area contributed by atoms with Gasteiger partial charge >= 0.3 is 0 Å². The number of hydrogen-bond donors (Lipinski definition) is 4. The molecular formula is C30H30F2N6O3. The van der Waals surface area contributed by atoms with Gasteiger partial charge in [-0.2, -0.15) is 5.10 Å². The number of halogens is 2. The summed E-state index contributed by atoms with van der Waals surface area (Å²) in [5.41, 5.74) is 8.35. The van der Waals surface area contributed by atoms with Crippen LogP contribution in [-0.4, -0.2) is 36.2 Å². The molecule has 0 saturated carbocycles. The van der Waals surface area contributed by atoms with E-state index in [0.29, 0.717) is 41.0 Å². The summed E-state index contributed by atoms with van der Waals surface area (Å²) in [4.78, 5) is 36.5. The van der Waals surface area contributed by atoms with E-state index in [2.05, 4.69) is 26.2 Å². The maximum Gasteiger partial charge on any atom is 0.276 e. The third kappa shape index (κ3) is 8.28. The van der Waals surface area contributed by atoms with E-state index >= 15 is 0 Å². The molecule has 1 aliphatic rings. The number of nitrogens with two attached hydrogens (primary N) is 1. The van der Waals surface area contributed by atoms with Gasteiger partial charge in [0.25, 0.3) is 11.8 Å². The minimum absolute atomic E-state index is 0.0321. The Morgan fingerprint density at radius 1 is 0.902 bits per heavy atom. The molecule has 0 unspecified atom stereocenters. The summed E-state index contributed by atoms with van der Waals surface area (Å²) in [6.07, 6.45) is 6.06. The molecule has 4 rings (SSSR count). The highest BCUT2D eigenvalue weighted by molar-refractivity contribution is 6.53. The van der Waals surface area contributed by atoms with Gasteiger partial charge in [-0.3, -0.25) is 14.4 Å². The second kappa shape index (κ2) is 13.9. The third-order valence-electron chi connectivity index (χ3n) is 6.39. The lowest BCUT2D eigenvalue weighted by Crippen LogP contribution is -2.24. The van der Waals surface area contributed by atoms with Crippen molar-refractivity contribution in [1.82, 2.24) is 5.32 Å². The standard InChI is InChI=1S/C30H30F2N6O3/c31-21-11-13-25-23(16-21)28(30(41)37-25)38-35-18-19-7-9-20(10-8-19)29(40)34-15-5-3-1-2-4-6-27(39)36-26-14-12-22(32)17-24(26)33/h7-14,16-18H,1-6,15,33H2,(H,34,40)(H,36,39)(H,37,38,41)/b35-18+. The number of carbonyl (C=O) groups excluding carboxylic acids is 3. The molecule has 1 aliphatic heterocycles. The fourth-order valence-electron chi connectivity index (χ4n) is 4.20. The van der Waals surface area contributed by atoms with Crippen molar-refractivity contribution in [3.05, 3.63) is 89.0 Å². The highest BCUT2D eigenvalue weighted by Gasteiger charge is 2.26. The molecule has 5 N–H and O–H groups in total. The van der Waals surface area contributed by atoms with Gasteiger partial charge in [0.05, 0.1) is 23.3 Å². The van der Waals surface area contributed by atoms with Gasteiger partial charge in [-0.25, -0.2) is 8.78 Å². The van der Waals surface area contributed by atoms with Crippen LogP contribution in [-0.2, 0) is 9.59 Å². The molecule has 212 valence electrons. The number of unbranched alkanes of at least 4 members (excludes halogenated alkanes) is 4. The highest BCUT2D eigenvalue weighted by atomic mass is 19.1. The second-order valence-corrected chi connectivity index (χ2v) is 9.51. The maximum absolute atomic E-state index is 13.5. The SMILES string of the molecule is Nc1cc(F)ccc1NC(=O)CCCCCCCNC(=O)c1ccc(/C=N/N=C2\C(=O)Nc3ccc(F)cc32)cc1. The first-order valence-corrected chi connectivity index (χ1v) is 13.3. The molecule has 3 aromatic carbocycles. The smallest absolute Gasteiger partial charge is 0.276 e. The van der Waals surface area contributed by atoms with Crippen LogP contribution in [0.2, 0.25) is 0 Å². The monoisotopic (exact) mass is 560 g/mol.